The molecule has 0 bridgehead atoms. The average Bonchev–Trinajstić information content (AvgIpc) is 2.73. The molecular formula is C14H17BO5. The fraction of sp³-hybridized carbons (Fsp3) is 0.500. The fourth-order valence-electron chi connectivity index (χ4n) is 2.24. The van der Waals surface area contributed by atoms with Gasteiger partial charge in [0.25, 0.3) is 0 Å². The van der Waals surface area contributed by atoms with Gasteiger partial charge in [0.2, 0.25) is 0 Å². The number of carbonyl (C=O) groups excluding carboxylic acids is 1. The third-order valence-electron chi connectivity index (χ3n) is 3.30. The standard InChI is InChI=1S/C14H17BO5/c1-18-8-19-11-7-10(15)12(16)13(11)20-14(17)9-5-3-2-4-6-9/h2-6,10-13,16H,7-8H2,1H3. The van der Waals surface area contributed by atoms with Gasteiger partial charge in [-0.2, -0.15) is 0 Å². The second kappa shape index (κ2) is 6.88. The molecule has 1 fully saturated rings. The minimum atomic E-state index is -0.940. The zero-order valence-corrected chi connectivity index (χ0v) is 11.3. The van der Waals surface area contributed by atoms with Crippen LogP contribution in [-0.4, -0.2) is 51.1 Å². The number of aliphatic hydroxyl groups excluding tert-OH is 1. The van der Waals surface area contributed by atoms with E-state index in [4.69, 9.17) is 22.1 Å². The van der Waals surface area contributed by atoms with E-state index in [1.807, 2.05) is 6.07 Å². The lowest BCUT2D eigenvalue weighted by molar-refractivity contribution is -0.118. The molecule has 0 heterocycles. The second-order valence-corrected chi connectivity index (χ2v) is 4.74. The number of hydrogen-bond acceptors (Lipinski definition) is 5. The summed E-state index contributed by atoms with van der Waals surface area (Å²) in [6.45, 7) is 0.0590. The number of rotatable bonds is 5. The van der Waals surface area contributed by atoms with Gasteiger partial charge in [0.15, 0.2) is 6.10 Å². The van der Waals surface area contributed by atoms with Crippen molar-refractivity contribution < 1.29 is 24.1 Å². The van der Waals surface area contributed by atoms with E-state index >= 15 is 0 Å². The van der Waals surface area contributed by atoms with E-state index in [1.54, 1.807) is 24.3 Å². The first kappa shape index (κ1) is 15.0. The molecule has 0 amide bonds. The van der Waals surface area contributed by atoms with Crippen molar-refractivity contribution in [1.82, 2.24) is 0 Å². The maximum absolute atomic E-state index is 12.0. The quantitative estimate of drug-likeness (QED) is 0.492. The van der Waals surface area contributed by atoms with Crippen LogP contribution in [0, 0.1) is 0 Å². The lowest BCUT2D eigenvalue weighted by atomic mass is 9.84. The van der Waals surface area contributed by atoms with Crippen molar-refractivity contribution in [3.63, 3.8) is 0 Å². The number of ether oxygens (including phenoxy) is 3. The summed E-state index contributed by atoms with van der Waals surface area (Å²) >= 11 is 0. The van der Waals surface area contributed by atoms with Crippen molar-refractivity contribution in [1.29, 1.82) is 0 Å². The summed E-state index contributed by atoms with van der Waals surface area (Å²) < 4.78 is 15.6. The molecule has 1 N–H and O–H groups in total. The molecule has 0 aliphatic heterocycles. The summed E-state index contributed by atoms with van der Waals surface area (Å²) in [5, 5.41) is 10.00. The van der Waals surface area contributed by atoms with Crippen LogP contribution in [0.25, 0.3) is 0 Å². The van der Waals surface area contributed by atoms with Crippen LogP contribution in [0.3, 0.4) is 0 Å². The summed E-state index contributed by atoms with van der Waals surface area (Å²) in [6, 6.07) is 8.59. The molecule has 1 aliphatic rings. The Morgan fingerprint density at radius 2 is 2.10 bits per heavy atom. The number of carbonyl (C=O) groups is 1. The summed E-state index contributed by atoms with van der Waals surface area (Å²) in [6.07, 6.45) is -1.78. The number of esters is 1. The van der Waals surface area contributed by atoms with Crippen LogP contribution in [0.1, 0.15) is 16.8 Å². The van der Waals surface area contributed by atoms with E-state index in [1.165, 1.54) is 7.11 Å². The average molecular weight is 276 g/mol. The Morgan fingerprint density at radius 1 is 1.40 bits per heavy atom. The molecule has 106 valence electrons. The van der Waals surface area contributed by atoms with Crippen LogP contribution in [0.5, 0.6) is 0 Å². The Kier molecular flexibility index (Phi) is 5.17. The first-order chi connectivity index (χ1) is 9.63. The van der Waals surface area contributed by atoms with Crippen LogP contribution >= 0.6 is 0 Å². The Hall–Kier alpha value is -1.37. The highest BCUT2D eigenvalue weighted by Gasteiger charge is 2.43. The van der Waals surface area contributed by atoms with Crippen molar-refractivity contribution in [2.75, 3.05) is 13.9 Å². The van der Waals surface area contributed by atoms with E-state index in [0.29, 0.717) is 12.0 Å². The van der Waals surface area contributed by atoms with Gasteiger partial charge in [-0.1, -0.05) is 18.2 Å². The Labute approximate surface area is 119 Å². The minimum absolute atomic E-state index is 0.0590. The third kappa shape index (κ3) is 3.39. The van der Waals surface area contributed by atoms with Crippen molar-refractivity contribution in [3.8, 4) is 0 Å². The van der Waals surface area contributed by atoms with Crippen molar-refractivity contribution in [2.45, 2.75) is 30.5 Å². The topological polar surface area (TPSA) is 65.0 Å². The molecule has 0 spiro atoms. The highest BCUT2D eigenvalue weighted by atomic mass is 16.7. The van der Waals surface area contributed by atoms with Crippen LogP contribution in [0.4, 0.5) is 0 Å². The zero-order chi connectivity index (χ0) is 14.5. The molecule has 20 heavy (non-hydrogen) atoms. The Morgan fingerprint density at radius 3 is 2.75 bits per heavy atom. The molecule has 6 heteroatoms. The van der Waals surface area contributed by atoms with E-state index in [9.17, 15) is 9.90 Å². The van der Waals surface area contributed by atoms with E-state index in [0.717, 1.165) is 0 Å². The van der Waals surface area contributed by atoms with Gasteiger partial charge >= 0.3 is 5.97 Å². The van der Waals surface area contributed by atoms with E-state index in [2.05, 4.69) is 0 Å². The maximum atomic E-state index is 12.0. The molecule has 4 atom stereocenters. The predicted molar refractivity (Wildman–Crippen MR) is 72.5 cm³/mol. The largest absolute Gasteiger partial charge is 0.453 e. The normalized spacial score (nSPS) is 29.3. The number of hydrogen-bond donors (Lipinski definition) is 1. The van der Waals surface area contributed by atoms with Gasteiger partial charge in [-0.25, -0.2) is 4.79 Å². The van der Waals surface area contributed by atoms with Crippen molar-refractivity contribution >= 4 is 13.8 Å². The fourth-order valence-corrected chi connectivity index (χ4v) is 2.24. The Balaban J connectivity index is 2.03. The monoisotopic (exact) mass is 276 g/mol. The number of methoxy groups -OCH3 is 1. The molecule has 2 radical (unpaired) electrons. The third-order valence-corrected chi connectivity index (χ3v) is 3.30. The predicted octanol–water partition coefficient (Wildman–Crippen LogP) is 0.923. The summed E-state index contributed by atoms with van der Waals surface area (Å²) in [7, 11) is 7.28. The van der Waals surface area contributed by atoms with E-state index in [-0.39, 0.29) is 6.79 Å². The number of benzene rings is 1. The molecule has 1 aromatic carbocycles. The summed E-state index contributed by atoms with van der Waals surface area (Å²) in [5.74, 6) is -0.986. The minimum Gasteiger partial charge on any atom is -0.453 e. The van der Waals surface area contributed by atoms with Crippen LogP contribution in [0.2, 0.25) is 5.82 Å². The van der Waals surface area contributed by atoms with Crippen molar-refractivity contribution in [2.24, 2.45) is 0 Å². The smallest absolute Gasteiger partial charge is 0.338 e. The first-order valence-corrected chi connectivity index (χ1v) is 6.43. The molecule has 0 aromatic heterocycles. The highest BCUT2D eigenvalue weighted by Crippen LogP contribution is 2.33. The van der Waals surface area contributed by atoms with Crippen LogP contribution < -0.4 is 0 Å². The lowest BCUT2D eigenvalue weighted by Crippen LogP contribution is -2.36. The van der Waals surface area contributed by atoms with Crippen molar-refractivity contribution in [3.05, 3.63) is 35.9 Å². The first-order valence-electron chi connectivity index (χ1n) is 6.43. The Bertz CT molecular complexity index is 438. The molecule has 1 saturated carbocycles. The zero-order valence-electron chi connectivity index (χ0n) is 11.3. The molecular weight excluding hydrogens is 259 g/mol. The van der Waals surface area contributed by atoms with Gasteiger partial charge in [-0.15, -0.1) is 0 Å². The van der Waals surface area contributed by atoms with Gasteiger partial charge in [-0.3, -0.25) is 0 Å². The molecule has 1 aromatic rings. The lowest BCUT2D eigenvalue weighted by Gasteiger charge is -2.22. The highest BCUT2D eigenvalue weighted by molar-refractivity contribution is 6.12. The molecule has 5 nitrogen and oxygen atoms in total. The summed E-state index contributed by atoms with van der Waals surface area (Å²) in [4.78, 5) is 12.0. The molecule has 1 aliphatic carbocycles. The van der Waals surface area contributed by atoms with Crippen LogP contribution in [-0.2, 0) is 14.2 Å². The van der Waals surface area contributed by atoms with Gasteiger partial charge < -0.3 is 19.3 Å². The number of aliphatic hydroxyl groups is 1. The maximum Gasteiger partial charge on any atom is 0.338 e. The second-order valence-electron chi connectivity index (χ2n) is 4.74. The molecule has 0 saturated heterocycles. The van der Waals surface area contributed by atoms with Gasteiger partial charge in [0.05, 0.1) is 25.6 Å². The summed E-state index contributed by atoms with van der Waals surface area (Å²) in [5.41, 5.74) is 0.422. The van der Waals surface area contributed by atoms with Gasteiger partial charge in [0.1, 0.15) is 6.79 Å². The van der Waals surface area contributed by atoms with E-state index < -0.39 is 30.1 Å². The van der Waals surface area contributed by atoms with Gasteiger partial charge in [-0.05, 0) is 24.4 Å². The molecule has 4 unspecified atom stereocenters. The SMILES string of the molecule is [B]C1CC(OCOC)C(OC(=O)c2ccccc2)C1O. The molecule has 2 rings (SSSR count). The van der Waals surface area contributed by atoms with Gasteiger partial charge in [0, 0.05) is 7.11 Å². The van der Waals surface area contributed by atoms with Crippen LogP contribution in [0.15, 0.2) is 30.3 Å².